The Bertz CT molecular complexity index is 761. The Morgan fingerprint density at radius 1 is 1.04 bits per heavy atom. The zero-order valence-corrected chi connectivity index (χ0v) is 14.7. The molecule has 0 aliphatic carbocycles. The van der Waals surface area contributed by atoms with Crippen LogP contribution in [0.5, 0.6) is 0 Å². The average Bonchev–Trinajstić information content (AvgIpc) is 2.62. The molecule has 0 spiro atoms. The van der Waals surface area contributed by atoms with Crippen molar-refractivity contribution < 1.29 is 0 Å². The highest BCUT2D eigenvalue weighted by atomic mass is 16.1. The van der Waals surface area contributed by atoms with Crippen molar-refractivity contribution in [3.63, 3.8) is 0 Å². The number of aromatic nitrogens is 2. The Morgan fingerprint density at radius 3 is 2.56 bits per heavy atom. The normalized spacial score (nSPS) is 19.8. The van der Waals surface area contributed by atoms with Gasteiger partial charge < -0.3 is 9.47 Å². The van der Waals surface area contributed by atoms with E-state index in [0.29, 0.717) is 6.04 Å². The molecule has 0 amide bonds. The van der Waals surface area contributed by atoms with E-state index in [1.54, 1.807) is 10.6 Å². The maximum atomic E-state index is 11.7. The van der Waals surface area contributed by atoms with Crippen molar-refractivity contribution in [1.82, 2.24) is 19.4 Å². The lowest BCUT2D eigenvalue weighted by Crippen LogP contribution is -2.62. The molecule has 0 N–H and O–H groups in total. The first-order valence-electron chi connectivity index (χ1n) is 8.98. The molecule has 0 unspecified atom stereocenters. The lowest BCUT2D eigenvalue weighted by molar-refractivity contribution is 0.0241. The number of likely N-dealkylation sites (tertiary alicyclic amines) is 1. The van der Waals surface area contributed by atoms with Crippen LogP contribution in [0.1, 0.15) is 5.69 Å². The Kier molecular flexibility index (Phi) is 4.55. The summed E-state index contributed by atoms with van der Waals surface area (Å²) in [6.45, 7) is 7.32. The van der Waals surface area contributed by atoms with E-state index in [2.05, 4.69) is 31.8 Å². The van der Waals surface area contributed by atoms with Gasteiger partial charge in [0.05, 0.1) is 0 Å². The van der Waals surface area contributed by atoms with E-state index in [4.69, 9.17) is 0 Å². The largest absolute Gasteiger partial charge is 0.354 e. The van der Waals surface area contributed by atoms with E-state index in [1.807, 2.05) is 31.4 Å². The minimum atomic E-state index is 0.0696. The van der Waals surface area contributed by atoms with E-state index >= 15 is 0 Å². The van der Waals surface area contributed by atoms with Crippen LogP contribution in [0, 0.1) is 0 Å². The monoisotopic (exact) mass is 339 g/mol. The van der Waals surface area contributed by atoms with E-state index < -0.39 is 0 Å². The molecule has 25 heavy (non-hydrogen) atoms. The Labute approximate surface area is 148 Å². The summed E-state index contributed by atoms with van der Waals surface area (Å²) in [7, 11) is 1.85. The van der Waals surface area contributed by atoms with Gasteiger partial charge in [0.2, 0.25) is 5.56 Å². The third kappa shape index (κ3) is 3.45. The number of hydrogen-bond donors (Lipinski definition) is 0. The number of piperazine rings is 1. The van der Waals surface area contributed by atoms with Crippen molar-refractivity contribution in [2.24, 2.45) is 7.05 Å². The minimum Gasteiger partial charge on any atom is -0.354 e. The quantitative estimate of drug-likeness (QED) is 0.824. The van der Waals surface area contributed by atoms with E-state index in [9.17, 15) is 4.79 Å². The molecule has 2 aromatic heterocycles. The summed E-state index contributed by atoms with van der Waals surface area (Å²) in [4.78, 5) is 23.6. The van der Waals surface area contributed by atoms with E-state index in [0.717, 1.165) is 57.3 Å². The van der Waals surface area contributed by atoms with Crippen molar-refractivity contribution >= 4 is 5.82 Å². The van der Waals surface area contributed by atoms with Crippen molar-refractivity contribution in [3.8, 4) is 0 Å². The van der Waals surface area contributed by atoms with Crippen LogP contribution in [-0.2, 0) is 13.6 Å². The second kappa shape index (κ2) is 6.98. The molecule has 2 saturated heterocycles. The summed E-state index contributed by atoms with van der Waals surface area (Å²) in [5.41, 5.74) is 1.16. The maximum absolute atomic E-state index is 11.7. The summed E-state index contributed by atoms with van der Waals surface area (Å²) in [5.74, 6) is 1.09. The molecule has 6 heteroatoms. The van der Waals surface area contributed by atoms with Gasteiger partial charge in [-0.15, -0.1) is 0 Å². The summed E-state index contributed by atoms with van der Waals surface area (Å²) in [6.07, 6.45) is 1.86. The van der Waals surface area contributed by atoms with Crippen LogP contribution >= 0.6 is 0 Å². The zero-order valence-electron chi connectivity index (χ0n) is 14.7. The van der Waals surface area contributed by atoms with Gasteiger partial charge in [-0.1, -0.05) is 12.1 Å². The molecule has 0 aromatic carbocycles. The number of pyridine rings is 2. The van der Waals surface area contributed by atoms with Crippen LogP contribution < -0.4 is 10.5 Å². The Balaban J connectivity index is 1.26. The molecule has 2 aromatic rings. The van der Waals surface area contributed by atoms with Crippen molar-refractivity contribution in [3.05, 3.63) is 58.6 Å². The van der Waals surface area contributed by atoms with Crippen LogP contribution in [0.3, 0.4) is 0 Å². The first-order valence-corrected chi connectivity index (χ1v) is 8.98. The number of nitrogens with zero attached hydrogens (tertiary/aromatic N) is 5. The second-order valence-corrected chi connectivity index (χ2v) is 6.97. The zero-order chi connectivity index (χ0) is 17.2. The van der Waals surface area contributed by atoms with Gasteiger partial charge in [0.15, 0.2) is 0 Å². The third-order valence-electron chi connectivity index (χ3n) is 5.42. The van der Waals surface area contributed by atoms with Crippen LogP contribution in [0.4, 0.5) is 5.82 Å². The van der Waals surface area contributed by atoms with Crippen molar-refractivity contribution in [2.45, 2.75) is 12.6 Å². The molecule has 2 aliphatic rings. The molecule has 0 atom stereocenters. The third-order valence-corrected chi connectivity index (χ3v) is 5.42. The molecule has 6 nitrogen and oxygen atoms in total. The second-order valence-electron chi connectivity index (χ2n) is 6.97. The first-order chi connectivity index (χ1) is 12.2. The maximum Gasteiger partial charge on any atom is 0.250 e. The summed E-state index contributed by atoms with van der Waals surface area (Å²) < 4.78 is 1.75. The van der Waals surface area contributed by atoms with Gasteiger partial charge >= 0.3 is 0 Å². The highest BCUT2D eigenvalue weighted by Gasteiger charge is 2.33. The minimum absolute atomic E-state index is 0.0696. The molecule has 4 heterocycles. The molecule has 0 bridgehead atoms. The number of hydrogen-bond acceptors (Lipinski definition) is 5. The van der Waals surface area contributed by atoms with Crippen molar-refractivity contribution in [1.29, 1.82) is 0 Å². The summed E-state index contributed by atoms with van der Waals surface area (Å²) >= 11 is 0. The fourth-order valence-corrected chi connectivity index (χ4v) is 3.75. The molecule has 0 radical (unpaired) electrons. The highest BCUT2D eigenvalue weighted by molar-refractivity contribution is 5.38. The topological polar surface area (TPSA) is 44.6 Å². The Morgan fingerprint density at radius 2 is 1.84 bits per heavy atom. The van der Waals surface area contributed by atoms with Gasteiger partial charge in [0, 0.05) is 76.9 Å². The molecular formula is C19H25N5O. The van der Waals surface area contributed by atoms with Gasteiger partial charge in [-0.05, 0) is 18.2 Å². The summed E-state index contributed by atoms with van der Waals surface area (Å²) in [5, 5.41) is 0. The molecule has 132 valence electrons. The molecular weight excluding hydrogens is 314 g/mol. The first kappa shape index (κ1) is 16.3. The molecule has 4 rings (SSSR count). The van der Waals surface area contributed by atoms with Gasteiger partial charge in [-0.3, -0.25) is 14.6 Å². The van der Waals surface area contributed by atoms with E-state index in [-0.39, 0.29) is 5.56 Å². The predicted molar refractivity (Wildman–Crippen MR) is 98.8 cm³/mol. The van der Waals surface area contributed by atoms with Crippen molar-refractivity contribution in [2.75, 3.05) is 44.2 Å². The van der Waals surface area contributed by atoms with E-state index in [1.165, 1.54) is 0 Å². The highest BCUT2D eigenvalue weighted by Crippen LogP contribution is 2.20. The van der Waals surface area contributed by atoms with Gasteiger partial charge in [-0.2, -0.15) is 0 Å². The standard InChI is InChI=1S/C19H25N5O/c1-21-16(5-4-7-19(21)25)13-22-14-17(15-22)23-9-11-24(12-10-23)18-6-2-3-8-20-18/h2-8,17H,9-15H2,1H3. The van der Waals surface area contributed by atoms with Gasteiger partial charge in [0.1, 0.15) is 5.82 Å². The number of anilines is 1. The molecule has 2 aliphatic heterocycles. The smallest absolute Gasteiger partial charge is 0.250 e. The lowest BCUT2D eigenvalue weighted by atomic mass is 10.1. The fourth-order valence-electron chi connectivity index (χ4n) is 3.75. The average molecular weight is 339 g/mol. The Hall–Kier alpha value is -2.18. The molecule has 2 fully saturated rings. The predicted octanol–water partition coefficient (Wildman–Crippen LogP) is 0.787. The van der Waals surface area contributed by atoms with Crippen LogP contribution in [0.2, 0.25) is 0 Å². The lowest BCUT2D eigenvalue weighted by Gasteiger charge is -2.48. The van der Waals surface area contributed by atoms with Gasteiger partial charge in [0.25, 0.3) is 0 Å². The van der Waals surface area contributed by atoms with Gasteiger partial charge in [-0.25, -0.2) is 4.98 Å². The summed E-state index contributed by atoms with van der Waals surface area (Å²) in [6, 6.07) is 12.3. The van der Waals surface area contributed by atoms with Crippen LogP contribution in [-0.4, -0.2) is 64.7 Å². The van der Waals surface area contributed by atoms with Crippen LogP contribution in [0.15, 0.2) is 47.4 Å². The SMILES string of the molecule is Cn1c(CN2CC(N3CCN(c4ccccn4)CC3)C2)cccc1=O. The fraction of sp³-hybridized carbons (Fsp3) is 0.474. The number of rotatable bonds is 4. The molecule has 0 saturated carbocycles. The van der Waals surface area contributed by atoms with Crippen LogP contribution in [0.25, 0.3) is 0 Å².